The minimum Gasteiger partial charge on any atom is -0.207 e. The molecule has 0 nitrogen and oxygen atoms in total. The third-order valence-corrected chi connectivity index (χ3v) is 15.7. The number of hydrogen-bond acceptors (Lipinski definition) is 0. The Labute approximate surface area is 378 Å². The van der Waals surface area contributed by atoms with Crippen molar-refractivity contribution in [3.05, 3.63) is 184 Å². The smallest absolute Gasteiger partial charge is 0.154 e. The maximum absolute atomic E-state index is 13.2. The van der Waals surface area contributed by atoms with E-state index in [4.69, 9.17) is 11.1 Å². The van der Waals surface area contributed by atoms with Gasteiger partial charge in [-0.1, -0.05) is 216 Å². The Morgan fingerprint density at radius 3 is 1.10 bits per heavy atom. The highest BCUT2D eigenvalue weighted by Crippen LogP contribution is 2.24. The fourth-order valence-electron chi connectivity index (χ4n) is 6.94. The Morgan fingerprint density at radius 2 is 0.750 bits per heavy atom. The Hall–Kier alpha value is -3.62. The molecule has 0 aliphatic carbocycles. The van der Waals surface area contributed by atoms with Gasteiger partial charge in [0.1, 0.15) is 11.6 Å². The molecule has 0 spiro atoms. The molecule has 0 aliphatic heterocycles. The number of hydrogen-bond donors (Lipinski definition) is 0. The molecule has 0 unspecified atom stereocenters. The molecule has 0 saturated carbocycles. The van der Waals surface area contributed by atoms with Crippen LogP contribution < -0.4 is 5.19 Å². The lowest BCUT2D eigenvalue weighted by molar-refractivity contribution is 0.627. The van der Waals surface area contributed by atoms with Gasteiger partial charge in [0.2, 0.25) is 0 Å². The van der Waals surface area contributed by atoms with Crippen LogP contribution in [0.3, 0.4) is 0 Å². The van der Waals surface area contributed by atoms with Crippen molar-refractivity contribution in [2.45, 2.75) is 118 Å². The lowest BCUT2D eigenvalue weighted by Gasteiger charge is -2.23. The Morgan fingerprint density at radius 1 is 0.433 bits per heavy atom. The third kappa shape index (κ3) is 19.0. The molecule has 0 heterocycles. The van der Waals surface area contributed by atoms with Crippen molar-refractivity contribution in [3.63, 3.8) is 0 Å². The van der Waals surface area contributed by atoms with Gasteiger partial charge in [-0.15, -0.1) is 0 Å². The summed E-state index contributed by atoms with van der Waals surface area (Å²) in [5.41, 5.74) is 10.4. The Kier molecular flexibility index (Phi) is 23.3. The van der Waals surface area contributed by atoms with Crippen LogP contribution in [0.2, 0.25) is 26.2 Å². The van der Waals surface area contributed by atoms with Gasteiger partial charge in [-0.05, 0) is 113 Å². The zero-order valence-corrected chi connectivity index (χ0v) is 39.8. The Bertz CT molecular complexity index is 2040. The van der Waals surface area contributed by atoms with Crippen molar-refractivity contribution in [1.82, 2.24) is 0 Å². The topological polar surface area (TPSA) is 0 Å². The van der Waals surface area contributed by atoms with E-state index < -0.39 is 15.5 Å². The van der Waals surface area contributed by atoms with Crippen LogP contribution in [0.4, 0.5) is 8.78 Å². The second-order valence-electron chi connectivity index (χ2n) is 16.6. The van der Waals surface area contributed by atoms with Crippen molar-refractivity contribution < 1.29 is 8.78 Å². The van der Waals surface area contributed by atoms with Gasteiger partial charge in [0, 0.05) is 4.47 Å². The maximum Gasteiger partial charge on any atom is 0.154 e. The molecule has 0 saturated heterocycles. The van der Waals surface area contributed by atoms with Gasteiger partial charge in [0.25, 0.3) is 0 Å². The highest BCUT2D eigenvalue weighted by Gasteiger charge is 2.24. The van der Waals surface area contributed by atoms with E-state index in [2.05, 4.69) is 153 Å². The Balaban J connectivity index is 0.000000333. The van der Waals surface area contributed by atoms with E-state index in [1.807, 2.05) is 12.1 Å². The second kappa shape index (κ2) is 26.7. The average molecular weight is 929 g/mol. The molecule has 0 N–H and O–H groups in total. The average Bonchev–Trinajstić information content (AvgIpc) is 3.21. The highest BCUT2D eigenvalue weighted by atomic mass is 79.9. The molecule has 0 amide bonds. The summed E-state index contributed by atoms with van der Waals surface area (Å²) in [6.45, 7) is 13.4. The lowest BCUT2D eigenvalue weighted by atomic mass is 10.0. The van der Waals surface area contributed by atoms with E-state index in [1.165, 1.54) is 108 Å². The van der Waals surface area contributed by atoms with Gasteiger partial charge < -0.3 is 0 Å². The van der Waals surface area contributed by atoms with E-state index in [0.29, 0.717) is 0 Å². The summed E-state index contributed by atoms with van der Waals surface area (Å²) in [4.78, 5) is 0. The summed E-state index contributed by atoms with van der Waals surface area (Å²) >= 11 is 9.62. The van der Waals surface area contributed by atoms with Crippen LogP contribution >= 0.6 is 27.0 Å². The van der Waals surface area contributed by atoms with Gasteiger partial charge in [0.15, 0.2) is 7.38 Å². The molecule has 0 fully saturated rings. The van der Waals surface area contributed by atoms with Crippen molar-refractivity contribution >= 4 is 47.7 Å². The van der Waals surface area contributed by atoms with Gasteiger partial charge >= 0.3 is 0 Å². The van der Waals surface area contributed by atoms with Crippen LogP contribution in [-0.2, 0) is 24.9 Å². The first-order valence-corrected chi connectivity index (χ1v) is 29.2. The quantitative estimate of drug-likeness (QED) is 0.0547. The highest BCUT2D eigenvalue weighted by molar-refractivity contribution is 9.10. The van der Waals surface area contributed by atoms with E-state index in [9.17, 15) is 8.78 Å². The molecule has 0 aliphatic rings. The normalized spacial score (nSPS) is 10.9. The molecule has 6 rings (SSSR count). The molecule has 6 aromatic rings. The van der Waals surface area contributed by atoms with Crippen molar-refractivity contribution in [3.8, 4) is 22.3 Å². The summed E-state index contributed by atoms with van der Waals surface area (Å²) < 4.78 is 26.8. The molecule has 60 heavy (non-hydrogen) atoms. The zero-order valence-electron chi connectivity index (χ0n) is 35.4. The van der Waals surface area contributed by atoms with E-state index in [1.54, 1.807) is 24.3 Å². The first-order chi connectivity index (χ1) is 27.7. The largest absolute Gasteiger partial charge is 0.207 e. The van der Waals surface area contributed by atoms with Crippen molar-refractivity contribution in [2.24, 2.45) is 0 Å². The molecule has 0 atom stereocenters. The maximum atomic E-state index is 13.2. The molecule has 322 valence electrons. The number of halogens is 4. The minimum atomic E-state index is -1.61. The van der Waals surface area contributed by atoms with Gasteiger partial charge in [-0.2, -0.15) is 11.1 Å². The van der Waals surface area contributed by atoms with E-state index in [0.717, 1.165) is 22.1 Å². The predicted octanol–water partition coefficient (Wildman–Crippen LogP) is 17.4. The SMILES string of the molecule is C.C.CCCCCc1ccc(-c2ccc(Br)cc2)cc1.CCCCCc1ccc(-c2ccc([Si](C)(C)Cc3ccc(F)cc3)cc2)cc1.C[Si](C)(Cl)Cc1ccc(F)cc1. The number of aryl methyl sites for hydroxylation is 2. The number of unbranched alkanes of at least 4 members (excludes halogenated alkanes) is 4. The van der Waals surface area contributed by atoms with Crippen LogP contribution in [0.15, 0.2) is 150 Å². The summed E-state index contributed by atoms with van der Waals surface area (Å²) in [5, 5.41) is 1.44. The second-order valence-corrected chi connectivity index (χ2v) is 29.1. The molecular formula is C54H70BrClF2Si2. The molecule has 0 bridgehead atoms. The first kappa shape index (κ1) is 52.5. The standard InChI is InChI=1S/C26H31FSi.C17H19Br.C9H12ClFSi.2CH4/c1-4-5-6-7-21-8-12-23(13-9-21)24-14-18-26(19-15-24)28(2,3)20-22-10-16-25(27)17-11-22;1-2-3-4-5-14-6-8-15(9-7-14)16-10-12-17(18)13-11-16;1-12(2,10)7-8-3-5-9(11)6-4-8;;/h8-19H,4-7,20H2,1-3H3;6-13H,2-5H2,1H3;3-6H,7H2,1-2H3;2*1H4. The van der Waals surface area contributed by atoms with Crippen LogP contribution in [0, 0.1) is 11.6 Å². The summed E-state index contributed by atoms with van der Waals surface area (Å²) in [6.07, 6.45) is 10.1. The van der Waals surface area contributed by atoms with Crippen LogP contribution in [0.25, 0.3) is 22.3 Å². The molecule has 0 aromatic heterocycles. The molecule has 6 aromatic carbocycles. The first-order valence-electron chi connectivity index (χ1n) is 21.0. The molecule has 0 radical (unpaired) electrons. The van der Waals surface area contributed by atoms with Gasteiger partial charge in [-0.25, -0.2) is 8.78 Å². The summed E-state index contributed by atoms with van der Waals surface area (Å²) in [7, 11) is -3.18. The number of benzene rings is 6. The van der Waals surface area contributed by atoms with Crippen LogP contribution in [0.5, 0.6) is 0 Å². The van der Waals surface area contributed by atoms with Gasteiger partial charge in [-0.3, -0.25) is 0 Å². The fraction of sp³-hybridized carbons (Fsp3) is 0.333. The molecule has 6 heteroatoms. The predicted molar refractivity (Wildman–Crippen MR) is 272 cm³/mol. The lowest BCUT2D eigenvalue weighted by Crippen LogP contribution is -2.43. The van der Waals surface area contributed by atoms with Crippen LogP contribution in [0.1, 0.15) is 89.5 Å². The van der Waals surface area contributed by atoms with Crippen molar-refractivity contribution in [1.29, 1.82) is 0 Å². The van der Waals surface area contributed by atoms with Gasteiger partial charge in [0.05, 0.1) is 8.07 Å². The minimum absolute atomic E-state index is 0. The fourth-order valence-corrected chi connectivity index (χ4v) is 11.4. The van der Waals surface area contributed by atoms with E-state index >= 15 is 0 Å². The summed E-state index contributed by atoms with van der Waals surface area (Å²) in [6, 6.07) is 51.0. The van der Waals surface area contributed by atoms with E-state index in [-0.39, 0.29) is 26.5 Å². The van der Waals surface area contributed by atoms with Crippen LogP contribution in [-0.4, -0.2) is 15.5 Å². The molecular weight excluding hydrogens is 858 g/mol. The third-order valence-electron chi connectivity index (χ3n) is 10.3. The van der Waals surface area contributed by atoms with Crippen molar-refractivity contribution in [2.75, 3.05) is 0 Å². The monoisotopic (exact) mass is 926 g/mol. The number of rotatable bonds is 15. The zero-order chi connectivity index (χ0) is 42.0. The summed E-state index contributed by atoms with van der Waals surface area (Å²) in [5.74, 6) is -0.350.